The molecule has 0 atom stereocenters. The topological polar surface area (TPSA) is 90.5 Å². The SMILES string of the molecule is COc1ccc(N=Cc2ccc(OCc3ccc(C(=O)O)o3)c(OC)c2)cc1Cl. The lowest BCUT2D eigenvalue weighted by molar-refractivity contribution is 0.0658. The quantitative estimate of drug-likeness (QED) is 0.522. The summed E-state index contributed by atoms with van der Waals surface area (Å²) < 4.78 is 21.3. The summed E-state index contributed by atoms with van der Waals surface area (Å²) in [5.41, 5.74) is 1.48. The first-order chi connectivity index (χ1) is 14.0. The van der Waals surface area contributed by atoms with Crippen molar-refractivity contribution in [3.63, 3.8) is 0 Å². The fourth-order valence-electron chi connectivity index (χ4n) is 2.49. The molecule has 0 amide bonds. The number of halogens is 1. The number of aromatic carboxylic acids is 1. The van der Waals surface area contributed by atoms with Gasteiger partial charge >= 0.3 is 5.97 Å². The van der Waals surface area contributed by atoms with Crippen molar-refractivity contribution in [3.05, 3.63) is 70.6 Å². The van der Waals surface area contributed by atoms with Crippen LogP contribution in [0.1, 0.15) is 21.9 Å². The second kappa shape index (κ2) is 9.16. The first-order valence-electron chi connectivity index (χ1n) is 8.50. The van der Waals surface area contributed by atoms with E-state index >= 15 is 0 Å². The number of carboxylic acids is 1. The van der Waals surface area contributed by atoms with E-state index in [1.54, 1.807) is 49.7 Å². The molecular formula is C21H18ClNO6. The Bertz CT molecular complexity index is 1040. The molecule has 3 aromatic rings. The molecule has 1 heterocycles. The highest BCUT2D eigenvalue weighted by Gasteiger charge is 2.11. The lowest BCUT2D eigenvalue weighted by Gasteiger charge is -2.10. The fourth-order valence-corrected chi connectivity index (χ4v) is 2.74. The van der Waals surface area contributed by atoms with Gasteiger partial charge in [-0.2, -0.15) is 0 Å². The molecule has 29 heavy (non-hydrogen) atoms. The number of carboxylic acid groups (broad SMARTS) is 1. The van der Waals surface area contributed by atoms with Gasteiger partial charge in [0.15, 0.2) is 11.5 Å². The van der Waals surface area contributed by atoms with E-state index in [9.17, 15) is 4.79 Å². The van der Waals surface area contributed by atoms with Crippen molar-refractivity contribution in [1.82, 2.24) is 0 Å². The maximum atomic E-state index is 10.9. The largest absolute Gasteiger partial charge is 0.495 e. The molecule has 0 saturated heterocycles. The van der Waals surface area contributed by atoms with E-state index in [1.165, 1.54) is 13.2 Å². The molecule has 7 nitrogen and oxygen atoms in total. The molecule has 0 aliphatic heterocycles. The van der Waals surface area contributed by atoms with Crippen LogP contribution in [0.25, 0.3) is 0 Å². The number of hydrogen-bond donors (Lipinski definition) is 1. The van der Waals surface area contributed by atoms with Crippen LogP contribution in [0, 0.1) is 0 Å². The zero-order valence-electron chi connectivity index (χ0n) is 15.7. The Morgan fingerprint density at radius 1 is 1.07 bits per heavy atom. The van der Waals surface area contributed by atoms with Crippen LogP contribution < -0.4 is 14.2 Å². The van der Waals surface area contributed by atoms with E-state index in [1.807, 2.05) is 6.07 Å². The molecule has 1 N–H and O–H groups in total. The van der Waals surface area contributed by atoms with Crippen LogP contribution in [-0.2, 0) is 6.61 Å². The first-order valence-corrected chi connectivity index (χ1v) is 8.88. The Labute approximate surface area is 172 Å². The minimum atomic E-state index is -1.13. The number of hydrogen-bond acceptors (Lipinski definition) is 6. The summed E-state index contributed by atoms with van der Waals surface area (Å²) in [6.07, 6.45) is 1.68. The number of benzene rings is 2. The number of nitrogens with zero attached hydrogens (tertiary/aromatic N) is 1. The van der Waals surface area contributed by atoms with E-state index in [4.69, 9.17) is 35.3 Å². The summed E-state index contributed by atoms with van der Waals surface area (Å²) >= 11 is 6.11. The van der Waals surface area contributed by atoms with Crippen LogP contribution in [0.5, 0.6) is 17.2 Å². The van der Waals surface area contributed by atoms with Gasteiger partial charge in [-0.3, -0.25) is 4.99 Å². The van der Waals surface area contributed by atoms with Crippen molar-refractivity contribution in [2.45, 2.75) is 6.61 Å². The van der Waals surface area contributed by atoms with E-state index in [0.29, 0.717) is 33.7 Å². The number of methoxy groups -OCH3 is 2. The van der Waals surface area contributed by atoms with Crippen LogP contribution in [0.2, 0.25) is 5.02 Å². The molecule has 0 radical (unpaired) electrons. The normalized spacial score (nSPS) is 10.9. The average Bonchev–Trinajstić information content (AvgIpc) is 3.20. The molecule has 0 aliphatic carbocycles. The summed E-state index contributed by atoms with van der Waals surface area (Å²) in [6.45, 7) is 0.0709. The van der Waals surface area contributed by atoms with Gasteiger partial charge in [0.05, 0.1) is 24.9 Å². The molecule has 2 aromatic carbocycles. The number of furan rings is 1. The maximum Gasteiger partial charge on any atom is 0.371 e. The predicted molar refractivity (Wildman–Crippen MR) is 108 cm³/mol. The van der Waals surface area contributed by atoms with Crippen LogP contribution in [0.4, 0.5) is 5.69 Å². The Kier molecular flexibility index (Phi) is 6.41. The van der Waals surface area contributed by atoms with Gasteiger partial charge in [0, 0.05) is 6.21 Å². The highest BCUT2D eigenvalue weighted by Crippen LogP contribution is 2.30. The van der Waals surface area contributed by atoms with Crippen molar-refractivity contribution in [2.75, 3.05) is 14.2 Å². The Morgan fingerprint density at radius 3 is 2.48 bits per heavy atom. The summed E-state index contributed by atoms with van der Waals surface area (Å²) in [7, 11) is 3.08. The summed E-state index contributed by atoms with van der Waals surface area (Å²) in [6, 6.07) is 13.5. The molecule has 0 unspecified atom stereocenters. The summed E-state index contributed by atoms with van der Waals surface area (Å²) in [5, 5.41) is 9.37. The van der Waals surface area contributed by atoms with E-state index in [-0.39, 0.29) is 12.4 Å². The highest BCUT2D eigenvalue weighted by atomic mass is 35.5. The third-order valence-electron chi connectivity index (χ3n) is 3.93. The molecule has 0 fully saturated rings. The third kappa shape index (κ3) is 5.08. The van der Waals surface area contributed by atoms with Crippen molar-refractivity contribution in [2.24, 2.45) is 4.99 Å². The van der Waals surface area contributed by atoms with Gasteiger partial charge < -0.3 is 23.7 Å². The van der Waals surface area contributed by atoms with Crippen molar-refractivity contribution < 1.29 is 28.5 Å². The van der Waals surface area contributed by atoms with E-state index in [2.05, 4.69) is 4.99 Å². The van der Waals surface area contributed by atoms with Gasteiger partial charge in [-0.25, -0.2) is 4.79 Å². The van der Waals surface area contributed by atoms with Crippen molar-refractivity contribution >= 4 is 29.5 Å². The summed E-state index contributed by atoms with van der Waals surface area (Å²) in [4.78, 5) is 15.3. The Hall–Kier alpha value is -3.45. The number of carbonyl (C=O) groups is 1. The molecule has 0 spiro atoms. The van der Waals surface area contributed by atoms with Crippen molar-refractivity contribution in [1.29, 1.82) is 0 Å². The standard InChI is InChI=1S/C21H18ClNO6/c1-26-17-7-4-14(10-16(17)22)23-11-13-3-6-18(20(9-13)27-2)28-12-15-5-8-19(29-15)21(24)25/h3-11H,12H2,1-2H3,(H,24,25). The van der Waals surface area contributed by atoms with Crippen LogP contribution >= 0.6 is 11.6 Å². The number of ether oxygens (including phenoxy) is 3. The van der Waals surface area contributed by atoms with E-state index in [0.717, 1.165) is 5.56 Å². The summed E-state index contributed by atoms with van der Waals surface area (Å²) in [5.74, 6) is 0.709. The molecule has 150 valence electrons. The van der Waals surface area contributed by atoms with E-state index < -0.39 is 5.97 Å². The molecule has 8 heteroatoms. The minimum Gasteiger partial charge on any atom is -0.495 e. The zero-order chi connectivity index (χ0) is 20.8. The second-order valence-electron chi connectivity index (χ2n) is 5.85. The zero-order valence-corrected chi connectivity index (χ0v) is 16.5. The molecule has 3 rings (SSSR count). The van der Waals surface area contributed by atoms with Gasteiger partial charge in [0.25, 0.3) is 0 Å². The smallest absolute Gasteiger partial charge is 0.371 e. The second-order valence-corrected chi connectivity index (χ2v) is 6.25. The van der Waals surface area contributed by atoms with Crippen LogP contribution in [0.15, 0.2) is 57.9 Å². The van der Waals surface area contributed by atoms with Gasteiger partial charge in [0.2, 0.25) is 5.76 Å². The Morgan fingerprint density at radius 2 is 1.83 bits per heavy atom. The monoisotopic (exact) mass is 415 g/mol. The number of rotatable bonds is 8. The average molecular weight is 416 g/mol. The van der Waals surface area contributed by atoms with Gasteiger partial charge in [-0.15, -0.1) is 0 Å². The number of aliphatic imine (C=N–C) groups is 1. The van der Waals surface area contributed by atoms with Crippen LogP contribution in [0.3, 0.4) is 0 Å². The molecule has 1 aromatic heterocycles. The highest BCUT2D eigenvalue weighted by molar-refractivity contribution is 6.32. The molecular weight excluding hydrogens is 398 g/mol. The third-order valence-corrected chi connectivity index (χ3v) is 4.22. The predicted octanol–water partition coefficient (Wildman–Crippen LogP) is 4.98. The fraction of sp³-hybridized carbons (Fsp3) is 0.143. The van der Waals surface area contributed by atoms with Gasteiger partial charge in [0.1, 0.15) is 18.1 Å². The molecule has 0 aliphatic rings. The van der Waals surface area contributed by atoms with Crippen LogP contribution in [-0.4, -0.2) is 31.5 Å². The van der Waals surface area contributed by atoms with Gasteiger partial charge in [-0.05, 0) is 54.1 Å². The molecule has 0 saturated carbocycles. The maximum absolute atomic E-state index is 10.9. The molecule has 0 bridgehead atoms. The Balaban J connectivity index is 1.70. The lowest BCUT2D eigenvalue weighted by atomic mass is 10.2. The van der Waals surface area contributed by atoms with Gasteiger partial charge in [-0.1, -0.05) is 11.6 Å². The first kappa shape index (κ1) is 20.3. The lowest BCUT2D eigenvalue weighted by Crippen LogP contribution is -1.98. The van der Waals surface area contributed by atoms with Crippen molar-refractivity contribution in [3.8, 4) is 17.2 Å². The minimum absolute atomic E-state index is 0.0709.